The zero-order valence-electron chi connectivity index (χ0n) is 17.1. The van der Waals surface area contributed by atoms with Crippen LogP contribution in [0.2, 0.25) is 5.02 Å². The smallest absolute Gasteiger partial charge is 0.294 e. The first-order valence-corrected chi connectivity index (χ1v) is 10.9. The van der Waals surface area contributed by atoms with Gasteiger partial charge in [-0.1, -0.05) is 53.9 Å². The number of methoxy groups -OCH3 is 1. The van der Waals surface area contributed by atoms with Gasteiger partial charge in [0.15, 0.2) is 11.5 Å². The van der Waals surface area contributed by atoms with Crippen molar-refractivity contribution in [3.05, 3.63) is 75.7 Å². The largest absolute Gasteiger partial charge is 0.493 e. The molecule has 0 N–H and O–H groups in total. The van der Waals surface area contributed by atoms with Crippen molar-refractivity contribution in [1.82, 2.24) is 4.90 Å². The van der Waals surface area contributed by atoms with Crippen molar-refractivity contribution in [2.75, 3.05) is 13.7 Å². The van der Waals surface area contributed by atoms with E-state index in [1.807, 2.05) is 30.3 Å². The number of imide groups is 1. The summed E-state index contributed by atoms with van der Waals surface area (Å²) in [5.41, 5.74) is 1.60. The summed E-state index contributed by atoms with van der Waals surface area (Å²) in [4.78, 5) is 25.7. The molecule has 1 aliphatic heterocycles. The van der Waals surface area contributed by atoms with Crippen LogP contribution < -0.4 is 9.47 Å². The van der Waals surface area contributed by atoms with E-state index in [9.17, 15) is 9.59 Å². The Morgan fingerprint density at radius 1 is 1.12 bits per heavy atom. The van der Waals surface area contributed by atoms with Crippen molar-refractivity contribution >= 4 is 51.4 Å². The Morgan fingerprint density at radius 3 is 2.66 bits per heavy atom. The fourth-order valence-electron chi connectivity index (χ4n) is 3.33. The molecule has 2 amide bonds. The van der Waals surface area contributed by atoms with Crippen molar-refractivity contribution in [2.45, 2.75) is 6.61 Å². The summed E-state index contributed by atoms with van der Waals surface area (Å²) in [5.74, 6) is 2.71. The molecule has 0 unspecified atom stereocenters. The lowest BCUT2D eigenvalue weighted by Crippen LogP contribution is -2.28. The molecule has 0 bridgehead atoms. The zero-order valence-corrected chi connectivity index (χ0v) is 18.7. The predicted molar refractivity (Wildman–Crippen MR) is 128 cm³/mol. The average Bonchev–Trinajstić information content (AvgIpc) is 3.05. The van der Waals surface area contributed by atoms with E-state index in [-0.39, 0.29) is 11.4 Å². The maximum absolute atomic E-state index is 12.4. The Labute approximate surface area is 194 Å². The number of halogens is 1. The van der Waals surface area contributed by atoms with E-state index in [0.29, 0.717) is 28.7 Å². The van der Waals surface area contributed by atoms with E-state index >= 15 is 0 Å². The van der Waals surface area contributed by atoms with Gasteiger partial charge in [-0.2, -0.15) is 0 Å². The predicted octanol–water partition coefficient (Wildman–Crippen LogP) is 5.75. The number of hydrogen-bond acceptors (Lipinski definition) is 5. The second kappa shape index (κ2) is 9.39. The van der Waals surface area contributed by atoms with Gasteiger partial charge in [-0.05, 0) is 57.9 Å². The van der Waals surface area contributed by atoms with E-state index in [1.165, 1.54) is 7.11 Å². The Balaban J connectivity index is 1.56. The number of nitrogens with zero attached hydrogens (tertiary/aromatic N) is 1. The molecule has 4 rings (SSSR count). The molecule has 7 heteroatoms. The van der Waals surface area contributed by atoms with E-state index in [0.717, 1.165) is 33.0 Å². The number of fused-ring (bicyclic) bond motifs is 1. The van der Waals surface area contributed by atoms with Crippen molar-refractivity contribution in [3.8, 4) is 23.8 Å². The number of rotatable bonds is 6. The van der Waals surface area contributed by atoms with E-state index in [1.54, 1.807) is 18.2 Å². The van der Waals surface area contributed by atoms with Crippen LogP contribution in [0.4, 0.5) is 4.79 Å². The van der Waals surface area contributed by atoms with E-state index in [2.05, 4.69) is 18.1 Å². The number of terminal acetylenes is 1. The highest BCUT2D eigenvalue weighted by molar-refractivity contribution is 8.18. The van der Waals surface area contributed by atoms with Crippen LogP contribution in [0.5, 0.6) is 11.5 Å². The molecular weight excluding hydrogens is 446 g/mol. The summed E-state index contributed by atoms with van der Waals surface area (Å²) in [7, 11) is 1.51. The van der Waals surface area contributed by atoms with Crippen molar-refractivity contribution in [1.29, 1.82) is 0 Å². The highest BCUT2D eigenvalue weighted by Crippen LogP contribution is 2.39. The number of hydrogen-bond donors (Lipinski definition) is 0. The Kier molecular flexibility index (Phi) is 6.40. The molecule has 3 aromatic rings. The minimum absolute atomic E-state index is 0.0619. The van der Waals surface area contributed by atoms with Gasteiger partial charge in [0.2, 0.25) is 0 Å². The number of thioether (sulfide) groups is 1. The second-order valence-corrected chi connectivity index (χ2v) is 8.38. The first kappa shape index (κ1) is 21.8. The molecule has 0 aliphatic carbocycles. The molecular formula is C25H18ClNO4S. The minimum atomic E-state index is -0.426. The molecule has 3 aromatic carbocycles. The Bertz CT molecular complexity index is 1290. The number of benzene rings is 3. The molecule has 0 atom stereocenters. The number of carbonyl (C=O) groups excluding carboxylic acids is 2. The van der Waals surface area contributed by atoms with Crippen molar-refractivity contribution in [2.24, 2.45) is 0 Å². The number of ether oxygens (including phenoxy) is 2. The van der Waals surface area contributed by atoms with Gasteiger partial charge < -0.3 is 9.47 Å². The highest BCUT2D eigenvalue weighted by atomic mass is 35.5. The minimum Gasteiger partial charge on any atom is -0.493 e. The number of amides is 2. The van der Waals surface area contributed by atoms with Gasteiger partial charge in [-0.15, -0.1) is 6.42 Å². The first-order chi connectivity index (χ1) is 15.5. The molecule has 0 radical (unpaired) electrons. The molecule has 1 saturated heterocycles. The lowest BCUT2D eigenvalue weighted by atomic mass is 10.1. The molecule has 0 aromatic heterocycles. The third kappa shape index (κ3) is 4.45. The van der Waals surface area contributed by atoms with Crippen molar-refractivity contribution in [3.63, 3.8) is 0 Å². The van der Waals surface area contributed by atoms with Gasteiger partial charge in [-0.3, -0.25) is 14.5 Å². The summed E-state index contributed by atoms with van der Waals surface area (Å²) in [6.07, 6.45) is 6.82. The van der Waals surface area contributed by atoms with Gasteiger partial charge in [0.25, 0.3) is 11.1 Å². The molecule has 160 valence electrons. The van der Waals surface area contributed by atoms with Crippen LogP contribution in [-0.2, 0) is 11.4 Å². The normalized spacial score (nSPS) is 14.8. The maximum atomic E-state index is 12.4. The van der Waals surface area contributed by atoms with Crippen LogP contribution in [0.15, 0.2) is 59.5 Å². The molecule has 5 nitrogen and oxygen atoms in total. The molecule has 0 spiro atoms. The first-order valence-electron chi connectivity index (χ1n) is 9.67. The summed E-state index contributed by atoms with van der Waals surface area (Å²) in [6, 6.07) is 17.6. The summed E-state index contributed by atoms with van der Waals surface area (Å²) < 4.78 is 11.4. The zero-order chi connectivity index (χ0) is 22.7. The van der Waals surface area contributed by atoms with Gasteiger partial charge in [0, 0.05) is 0 Å². The third-order valence-corrected chi connectivity index (χ3v) is 6.06. The van der Waals surface area contributed by atoms with Gasteiger partial charge >= 0.3 is 0 Å². The van der Waals surface area contributed by atoms with E-state index < -0.39 is 11.1 Å². The number of carbonyl (C=O) groups is 2. The fraction of sp³-hybridized carbons (Fsp3) is 0.120. The third-order valence-electron chi connectivity index (χ3n) is 4.87. The lowest BCUT2D eigenvalue weighted by molar-refractivity contribution is -0.122. The van der Waals surface area contributed by atoms with Crippen LogP contribution in [0, 0.1) is 12.3 Å². The topological polar surface area (TPSA) is 55.8 Å². The molecule has 1 heterocycles. The quantitative estimate of drug-likeness (QED) is 0.344. The SMILES string of the molecule is C#CCN1C(=O)SC(=Cc2cc(Cl)c(OCc3ccc4ccccc4c3)c(OC)c2)C1=O. The summed E-state index contributed by atoms with van der Waals surface area (Å²) >= 11 is 7.31. The average molecular weight is 464 g/mol. The van der Waals surface area contributed by atoms with Gasteiger partial charge in [0.05, 0.1) is 23.6 Å². The maximum Gasteiger partial charge on any atom is 0.294 e. The van der Waals surface area contributed by atoms with Gasteiger partial charge in [0.1, 0.15) is 6.61 Å². The monoisotopic (exact) mass is 463 g/mol. The molecule has 0 saturated carbocycles. The molecule has 32 heavy (non-hydrogen) atoms. The molecule has 1 aliphatic rings. The summed E-state index contributed by atoms with van der Waals surface area (Å²) in [5, 5.41) is 2.22. The molecule has 1 fully saturated rings. The van der Waals surface area contributed by atoms with Crippen LogP contribution >= 0.6 is 23.4 Å². The van der Waals surface area contributed by atoms with Crippen molar-refractivity contribution < 1.29 is 19.1 Å². The highest BCUT2D eigenvalue weighted by Gasteiger charge is 2.34. The standard InChI is InChI=1S/C25H18ClNO4S/c1-3-10-27-24(28)22(32-25(27)29)14-17-12-20(26)23(21(13-17)30-2)31-15-16-8-9-18-6-4-5-7-19(18)11-16/h1,4-9,11-14H,10,15H2,2H3. The van der Waals surface area contributed by atoms with Gasteiger partial charge in [-0.25, -0.2) is 0 Å². The second-order valence-electron chi connectivity index (χ2n) is 6.98. The lowest BCUT2D eigenvalue weighted by Gasteiger charge is -2.14. The van der Waals surface area contributed by atoms with E-state index in [4.69, 9.17) is 27.5 Å². The fourth-order valence-corrected chi connectivity index (χ4v) is 4.44. The Morgan fingerprint density at radius 2 is 1.91 bits per heavy atom. The van der Waals surface area contributed by atoms with Crippen LogP contribution in [0.3, 0.4) is 0 Å². The van der Waals surface area contributed by atoms with Crippen LogP contribution in [0.25, 0.3) is 16.8 Å². The summed E-state index contributed by atoms with van der Waals surface area (Å²) in [6.45, 7) is 0.249. The van der Waals surface area contributed by atoms with Crippen LogP contribution in [0.1, 0.15) is 11.1 Å². The van der Waals surface area contributed by atoms with Crippen LogP contribution in [-0.4, -0.2) is 29.7 Å². The Hall–Kier alpha value is -3.40.